The van der Waals surface area contributed by atoms with E-state index in [4.69, 9.17) is 28.9 Å². The number of imidazole rings is 1. The van der Waals surface area contributed by atoms with Gasteiger partial charge < -0.3 is 5.73 Å². The largest absolute Gasteiger partial charge is 0.325 e. The van der Waals surface area contributed by atoms with Crippen molar-refractivity contribution in [1.29, 1.82) is 0 Å². The Labute approximate surface area is 118 Å². The molecule has 3 aromatic rings. The Bertz CT molecular complexity index is 689. The fourth-order valence-corrected chi connectivity index (χ4v) is 3.49. The Morgan fingerprint density at radius 1 is 1.35 bits per heavy atom. The average Bonchev–Trinajstić information content (AvgIpc) is 2.72. The van der Waals surface area contributed by atoms with Crippen molar-refractivity contribution < 1.29 is 0 Å². The third kappa shape index (κ3) is 2.00. The van der Waals surface area contributed by atoms with Crippen LogP contribution >= 0.6 is 46.9 Å². The molecule has 0 unspecified atom stereocenters. The minimum Gasteiger partial charge on any atom is -0.325 e. The van der Waals surface area contributed by atoms with E-state index >= 15 is 0 Å². The number of halogens is 3. The molecule has 0 saturated carbocycles. The second kappa shape index (κ2) is 4.63. The van der Waals surface area contributed by atoms with Crippen LogP contribution in [0.3, 0.4) is 0 Å². The van der Waals surface area contributed by atoms with Gasteiger partial charge in [-0.15, -0.1) is 12.4 Å². The zero-order valence-electron chi connectivity index (χ0n) is 8.48. The summed E-state index contributed by atoms with van der Waals surface area (Å²) in [6, 6.07) is 3.63. The van der Waals surface area contributed by atoms with Crippen molar-refractivity contribution in [3.05, 3.63) is 34.1 Å². The van der Waals surface area contributed by atoms with Crippen LogP contribution in [-0.2, 0) is 6.54 Å². The van der Waals surface area contributed by atoms with Crippen molar-refractivity contribution in [1.82, 2.24) is 9.38 Å². The molecule has 0 fully saturated rings. The van der Waals surface area contributed by atoms with Gasteiger partial charge in [-0.2, -0.15) is 0 Å². The number of hydrogen-bond donors (Lipinski definition) is 1. The van der Waals surface area contributed by atoms with E-state index in [9.17, 15) is 0 Å². The van der Waals surface area contributed by atoms with Crippen LogP contribution in [0.2, 0.25) is 10.0 Å². The summed E-state index contributed by atoms with van der Waals surface area (Å²) in [6.45, 7) is 0.432. The van der Waals surface area contributed by atoms with Crippen LogP contribution in [0.25, 0.3) is 15.2 Å². The molecule has 90 valence electrons. The van der Waals surface area contributed by atoms with Crippen LogP contribution in [-0.4, -0.2) is 9.38 Å². The standard InChI is InChI=1S/C10H7Cl2N3S.ClH/c11-5-1-7(12)9-8(2-5)16-10-14-6(3-13)4-15(9)10;/h1-2,4H,3,13H2;1H. The van der Waals surface area contributed by atoms with Crippen LogP contribution in [0.1, 0.15) is 5.69 Å². The molecular formula is C10H8Cl3N3S. The normalized spacial score (nSPS) is 11.0. The third-order valence-corrected chi connectivity index (χ3v) is 3.88. The van der Waals surface area contributed by atoms with Crippen molar-refractivity contribution in [2.24, 2.45) is 5.73 Å². The highest BCUT2D eigenvalue weighted by Crippen LogP contribution is 2.34. The zero-order valence-corrected chi connectivity index (χ0v) is 11.6. The molecule has 0 atom stereocenters. The predicted octanol–water partition coefficient (Wildman–Crippen LogP) is 3.74. The van der Waals surface area contributed by atoms with Gasteiger partial charge in [-0.3, -0.25) is 4.40 Å². The lowest BCUT2D eigenvalue weighted by atomic mass is 10.3. The fourth-order valence-electron chi connectivity index (χ4n) is 1.69. The number of rotatable bonds is 1. The molecule has 0 bridgehead atoms. The summed E-state index contributed by atoms with van der Waals surface area (Å²) in [5.41, 5.74) is 7.36. The quantitative estimate of drug-likeness (QED) is 0.744. The predicted molar refractivity (Wildman–Crippen MR) is 75.7 cm³/mol. The SMILES string of the molecule is Cl.NCc1cn2c(n1)sc1cc(Cl)cc(Cl)c12. The number of aromatic nitrogens is 2. The van der Waals surface area contributed by atoms with E-state index in [-0.39, 0.29) is 12.4 Å². The lowest BCUT2D eigenvalue weighted by Gasteiger charge is -1.96. The van der Waals surface area contributed by atoms with Gasteiger partial charge in [0.2, 0.25) is 0 Å². The first kappa shape index (κ1) is 12.9. The van der Waals surface area contributed by atoms with Crippen molar-refractivity contribution in [2.75, 3.05) is 0 Å². The number of fused-ring (bicyclic) bond motifs is 3. The molecule has 0 amide bonds. The van der Waals surface area contributed by atoms with Gasteiger partial charge in [0.15, 0.2) is 4.96 Å². The van der Waals surface area contributed by atoms with Crippen molar-refractivity contribution in [2.45, 2.75) is 6.54 Å². The topological polar surface area (TPSA) is 43.3 Å². The van der Waals surface area contributed by atoms with E-state index in [0.717, 1.165) is 20.9 Å². The number of benzene rings is 1. The summed E-state index contributed by atoms with van der Waals surface area (Å²) < 4.78 is 2.99. The van der Waals surface area contributed by atoms with E-state index in [1.165, 1.54) is 0 Å². The molecule has 0 aliphatic rings. The maximum atomic E-state index is 6.18. The van der Waals surface area contributed by atoms with Gasteiger partial charge in [-0.25, -0.2) is 4.98 Å². The molecule has 0 radical (unpaired) electrons. The Morgan fingerprint density at radius 3 is 2.82 bits per heavy atom. The summed E-state index contributed by atoms with van der Waals surface area (Å²) in [7, 11) is 0. The molecule has 1 aromatic carbocycles. The first-order chi connectivity index (χ1) is 7.69. The van der Waals surface area contributed by atoms with E-state index in [2.05, 4.69) is 4.98 Å². The summed E-state index contributed by atoms with van der Waals surface area (Å²) in [6.07, 6.45) is 1.91. The molecule has 2 aromatic heterocycles. The molecule has 0 aliphatic heterocycles. The fraction of sp³-hybridized carbons (Fsp3) is 0.100. The molecule has 2 N–H and O–H groups in total. The van der Waals surface area contributed by atoms with Gasteiger partial charge in [0, 0.05) is 17.8 Å². The monoisotopic (exact) mass is 307 g/mol. The van der Waals surface area contributed by atoms with E-state index in [1.54, 1.807) is 17.4 Å². The maximum absolute atomic E-state index is 6.18. The molecule has 7 heteroatoms. The van der Waals surface area contributed by atoms with Crippen molar-refractivity contribution in [3.63, 3.8) is 0 Å². The zero-order chi connectivity index (χ0) is 11.3. The maximum Gasteiger partial charge on any atom is 0.195 e. The molecule has 0 spiro atoms. The summed E-state index contributed by atoms with van der Waals surface area (Å²) in [5.74, 6) is 0. The van der Waals surface area contributed by atoms with E-state index in [0.29, 0.717) is 16.6 Å². The number of nitrogens with zero attached hydrogens (tertiary/aromatic N) is 2. The summed E-state index contributed by atoms with van der Waals surface area (Å²) in [4.78, 5) is 5.28. The second-order valence-corrected chi connectivity index (χ2v) is 5.28. The Morgan fingerprint density at radius 2 is 2.12 bits per heavy atom. The van der Waals surface area contributed by atoms with Crippen LogP contribution in [0.5, 0.6) is 0 Å². The molecule has 0 saturated heterocycles. The number of nitrogens with two attached hydrogens (primary N) is 1. The Balaban J connectivity index is 0.00000108. The van der Waals surface area contributed by atoms with Gasteiger partial charge in [-0.1, -0.05) is 34.5 Å². The van der Waals surface area contributed by atoms with Crippen LogP contribution in [0, 0.1) is 0 Å². The van der Waals surface area contributed by atoms with Gasteiger partial charge in [0.05, 0.1) is 20.9 Å². The first-order valence-electron chi connectivity index (χ1n) is 4.64. The molecular weight excluding hydrogens is 301 g/mol. The molecule has 2 heterocycles. The Kier molecular flexibility index (Phi) is 3.52. The third-order valence-electron chi connectivity index (χ3n) is 2.37. The van der Waals surface area contributed by atoms with Gasteiger partial charge in [0.1, 0.15) is 0 Å². The second-order valence-electron chi connectivity index (χ2n) is 3.43. The minimum absolute atomic E-state index is 0. The molecule has 0 aliphatic carbocycles. The number of hydrogen-bond acceptors (Lipinski definition) is 3. The highest BCUT2D eigenvalue weighted by molar-refractivity contribution is 7.23. The van der Waals surface area contributed by atoms with Gasteiger partial charge in [-0.05, 0) is 12.1 Å². The lowest BCUT2D eigenvalue weighted by molar-refractivity contribution is 1.02. The Hall–Kier alpha value is -0.520. The first-order valence-corrected chi connectivity index (χ1v) is 6.22. The molecule has 3 nitrogen and oxygen atoms in total. The van der Waals surface area contributed by atoms with Crippen molar-refractivity contribution in [3.8, 4) is 0 Å². The molecule has 3 rings (SSSR count). The highest BCUT2D eigenvalue weighted by atomic mass is 35.5. The minimum atomic E-state index is 0. The van der Waals surface area contributed by atoms with E-state index in [1.807, 2.05) is 16.7 Å². The summed E-state index contributed by atoms with van der Waals surface area (Å²) in [5, 5.41) is 1.27. The highest BCUT2D eigenvalue weighted by Gasteiger charge is 2.11. The average molecular weight is 309 g/mol. The summed E-state index contributed by atoms with van der Waals surface area (Å²) >= 11 is 13.7. The van der Waals surface area contributed by atoms with Crippen LogP contribution in [0.4, 0.5) is 0 Å². The van der Waals surface area contributed by atoms with E-state index < -0.39 is 0 Å². The van der Waals surface area contributed by atoms with Crippen molar-refractivity contribution >= 4 is 62.1 Å². The number of thiazole rings is 1. The van der Waals surface area contributed by atoms with Crippen LogP contribution < -0.4 is 5.73 Å². The lowest BCUT2D eigenvalue weighted by Crippen LogP contribution is -1.95. The molecule has 17 heavy (non-hydrogen) atoms. The van der Waals surface area contributed by atoms with Gasteiger partial charge in [0.25, 0.3) is 0 Å². The van der Waals surface area contributed by atoms with Gasteiger partial charge >= 0.3 is 0 Å². The van der Waals surface area contributed by atoms with Crippen LogP contribution in [0.15, 0.2) is 18.3 Å². The smallest absolute Gasteiger partial charge is 0.195 e.